The lowest BCUT2D eigenvalue weighted by Crippen LogP contribution is -2.49. The molecule has 4 rings (SSSR count). The molecule has 0 bridgehead atoms. The van der Waals surface area contributed by atoms with Crippen LogP contribution in [0.15, 0.2) is 0 Å². The normalized spacial score (nSPS) is 23.5. The molecule has 2 saturated carbocycles. The van der Waals surface area contributed by atoms with Gasteiger partial charge in [0.1, 0.15) is 0 Å². The Kier molecular flexibility index (Phi) is 3.14. The number of aromatic amines is 1. The Labute approximate surface area is 124 Å². The monoisotopic (exact) mass is 289 g/mol. The maximum absolute atomic E-state index is 12.6. The summed E-state index contributed by atoms with van der Waals surface area (Å²) in [5, 5.41) is 7.14. The SMILES string of the molecule is Nc1c(C(=O)N2CCN(CC3CC3)CC2)n[nH]c1C1CC1. The number of nitrogen functional groups attached to an aromatic ring is 1. The summed E-state index contributed by atoms with van der Waals surface area (Å²) in [4.78, 5) is 16.9. The molecule has 0 aromatic carbocycles. The molecule has 114 valence electrons. The first-order chi connectivity index (χ1) is 10.2. The van der Waals surface area contributed by atoms with Gasteiger partial charge in [0, 0.05) is 38.6 Å². The lowest BCUT2D eigenvalue weighted by Gasteiger charge is -2.34. The van der Waals surface area contributed by atoms with Crippen molar-refractivity contribution in [2.24, 2.45) is 5.92 Å². The highest BCUT2D eigenvalue weighted by Gasteiger charge is 2.33. The highest BCUT2D eigenvalue weighted by Crippen LogP contribution is 2.42. The fourth-order valence-corrected chi connectivity index (χ4v) is 3.16. The zero-order valence-corrected chi connectivity index (χ0v) is 12.3. The van der Waals surface area contributed by atoms with Gasteiger partial charge in [-0.25, -0.2) is 0 Å². The summed E-state index contributed by atoms with van der Waals surface area (Å²) >= 11 is 0. The van der Waals surface area contributed by atoms with E-state index >= 15 is 0 Å². The molecule has 1 amide bonds. The number of hydrogen-bond acceptors (Lipinski definition) is 4. The van der Waals surface area contributed by atoms with Crippen LogP contribution in [0.2, 0.25) is 0 Å². The lowest BCUT2D eigenvalue weighted by atomic mass is 10.2. The fraction of sp³-hybridized carbons (Fsp3) is 0.733. The van der Waals surface area contributed by atoms with E-state index in [0.29, 0.717) is 17.3 Å². The number of rotatable bonds is 4. The number of H-pyrrole nitrogens is 1. The number of nitrogens with zero attached hydrogens (tertiary/aromatic N) is 3. The molecule has 3 aliphatic rings. The van der Waals surface area contributed by atoms with Crippen molar-refractivity contribution in [2.75, 3.05) is 38.5 Å². The molecule has 1 aliphatic heterocycles. The number of anilines is 1. The zero-order chi connectivity index (χ0) is 14.4. The standard InChI is InChI=1S/C15H23N5O/c16-12-13(11-3-4-11)17-18-14(12)15(21)20-7-5-19(6-8-20)9-10-1-2-10/h10-11H,1-9,16H2,(H,17,18). The summed E-state index contributed by atoms with van der Waals surface area (Å²) in [5.41, 5.74) is 8.06. The number of piperazine rings is 1. The molecule has 1 aromatic heterocycles. The van der Waals surface area contributed by atoms with Crippen molar-refractivity contribution >= 4 is 11.6 Å². The summed E-state index contributed by atoms with van der Waals surface area (Å²) in [6, 6.07) is 0. The van der Waals surface area contributed by atoms with Crippen molar-refractivity contribution in [3.63, 3.8) is 0 Å². The van der Waals surface area contributed by atoms with Gasteiger partial charge in [0.2, 0.25) is 0 Å². The van der Waals surface area contributed by atoms with Gasteiger partial charge in [0.05, 0.1) is 11.4 Å². The van der Waals surface area contributed by atoms with Gasteiger partial charge in [-0.1, -0.05) is 0 Å². The Morgan fingerprint density at radius 1 is 1.19 bits per heavy atom. The van der Waals surface area contributed by atoms with E-state index < -0.39 is 0 Å². The van der Waals surface area contributed by atoms with Crippen molar-refractivity contribution in [2.45, 2.75) is 31.6 Å². The quantitative estimate of drug-likeness (QED) is 0.868. The fourth-order valence-electron chi connectivity index (χ4n) is 3.16. The molecule has 0 unspecified atom stereocenters. The first kappa shape index (κ1) is 13.1. The van der Waals surface area contributed by atoms with E-state index in [4.69, 9.17) is 5.73 Å². The molecule has 1 saturated heterocycles. The third-order valence-corrected chi connectivity index (χ3v) is 4.89. The zero-order valence-electron chi connectivity index (χ0n) is 12.3. The van der Waals surface area contributed by atoms with Gasteiger partial charge in [-0.3, -0.25) is 14.8 Å². The average molecular weight is 289 g/mol. The second-order valence-corrected chi connectivity index (χ2v) is 6.71. The van der Waals surface area contributed by atoms with Gasteiger partial charge in [0.25, 0.3) is 5.91 Å². The Bertz CT molecular complexity index is 538. The summed E-state index contributed by atoms with van der Waals surface area (Å²) in [6.45, 7) is 4.73. The molecule has 6 heteroatoms. The second kappa shape index (κ2) is 5.02. The van der Waals surface area contributed by atoms with Crippen LogP contribution in [-0.4, -0.2) is 58.6 Å². The van der Waals surface area contributed by atoms with Crippen LogP contribution in [-0.2, 0) is 0 Å². The minimum Gasteiger partial charge on any atom is -0.395 e. The molecule has 3 fully saturated rings. The van der Waals surface area contributed by atoms with Crippen LogP contribution in [0, 0.1) is 5.92 Å². The molecular formula is C15H23N5O. The van der Waals surface area contributed by atoms with Crippen molar-refractivity contribution < 1.29 is 4.79 Å². The predicted molar refractivity (Wildman–Crippen MR) is 80.0 cm³/mol. The van der Waals surface area contributed by atoms with Crippen LogP contribution in [0.5, 0.6) is 0 Å². The molecule has 21 heavy (non-hydrogen) atoms. The molecule has 2 aliphatic carbocycles. The molecule has 1 aromatic rings. The van der Waals surface area contributed by atoms with Gasteiger partial charge in [0.15, 0.2) is 5.69 Å². The van der Waals surface area contributed by atoms with Crippen molar-refractivity contribution in [1.29, 1.82) is 0 Å². The first-order valence-corrected chi connectivity index (χ1v) is 8.07. The number of hydrogen-bond donors (Lipinski definition) is 2. The van der Waals surface area contributed by atoms with E-state index in [1.54, 1.807) is 0 Å². The van der Waals surface area contributed by atoms with Gasteiger partial charge < -0.3 is 10.6 Å². The number of nitrogens with two attached hydrogens (primary N) is 1. The molecule has 6 nitrogen and oxygen atoms in total. The number of carbonyl (C=O) groups is 1. The summed E-state index contributed by atoms with van der Waals surface area (Å²) < 4.78 is 0. The van der Waals surface area contributed by atoms with Crippen molar-refractivity contribution in [3.8, 4) is 0 Å². The number of amides is 1. The maximum atomic E-state index is 12.6. The minimum atomic E-state index is -0.0123. The number of aromatic nitrogens is 2. The average Bonchev–Trinajstić information content (AvgIpc) is 3.40. The molecule has 3 N–H and O–H groups in total. The number of carbonyl (C=O) groups excluding carboxylic acids is 1. The third kappa shape index (κ3) is 2.64. The summed E-state index contributed by atoms with van der Waals surface area (Å²) in [5.74, 6) is 1.39. The van der Waals surface area contributed by atoms with E-state index in [9.17, 15) is 4.79 Å². The lowest BCUT2D eigenvalue weighted by molar-refractivity contribution is 0.0627. The third-order valence-electron chi connectivity index (χ3n) is 4.89. The van der Waals surface area contributed by atoms with E-state index in [2.05, 4.69) is 15.1 Å². The Morgan fingerprint density at radius 3 is 2.52 bits per heavy atom. The van der Waals surface area contributed by atoms with Crippen LogP contribution in [0.25, 0.3) is 0 Å². The van der Waals surface area contributed by atoms with E-state index in [-0.39, 0.29) is 5.91 Å². The highest BCUT2D eigenvalue weighted by molar-refractivity contribution is 5.97. The van der Waals surface area contributed by atoms with Gasteiger partial charge in [-0.15, -0.1) is 0 Å². The molecule has 0 spiro atoms. The molecular weight excluding hydrogens is 266 g/mol. The molecule has 2 heterocycles. The minimum absolute atomic E-state index is 0.0123. The van der Waals surface area contributed by atoms with Crippen LogP contribution in [0.4, 0.5) is 5.69 Å². The highest BCUT2D eigenvalue weighted by atomic mass is 16.2. The van der Waals surface area contributed by atoms with Crippen molar-refractivity contribution in [1.82, 2.24) is 20.0 Å². The predicted octanol–water partition coefficient (Wildman–Crippen LogP) is 1.04. The van der Waals surface area contributed by atoms with Gasteiger partial charge in [-0.2, -0.15) is 5.10 Å². The largest absolute Gasteiger partial charge is 0.395 e. The Balaban J connectivity index is 1.38. The van der Waals surface area contributed by atoms with Gasteiger partial charge in [-0.05, 0) is 31.6 Å². The molecule has 0 radical (unpaired) electrons. The summed E-state index contributed by atoms with van der Waals surface area (Å²) in [6.07, 6.45) is 5.07. The van der Waals surface area contributed by atoms with E-state index in [1.165, 1.54) is 19.4 Å². The van der Waals surface area contributed by atoms with Crippen LogP contribution in [0.1, 0.15) is 47.8 Å². The van der Waals surface area contributed by atoms with E-state index in [1.807, 2.05) is 4.90 Å². The smallest absolute Gasteiger partial charge is 0.276 e. The second-order valence-electron chi connectivity index (χ2n) is 6.71. The molecule has 0 atom stereocenters. The topological polar surface area (TPSA) is 78.2 Å². The maximum Gasteiger partial charge on any atom is 0.276 e. The van der Waals surface area contributed by atoms with Crippen molar-refractivity contribution in [3.05, 3.63) is 11.4 Å². The summed E-state index contributed by atoms with van der Waals surface area (Å²) in [7, 11) is 0. The van der Waals surface area contributed by atoms with Crippen LogP contribution >= 0.6 is 0 Å². The first-order valence-electron chi connectivity index (χ1n) is 8.07. The number of nitrogens with one attached hydrogen (secondary N) is 1. The van der Waals surface area contributed by atoms with Gasteiger partial charge >= 0.3 is 0 Å². The Hall–Kier alpha value is -1.56. The van der Waals surface area contributed by atoms with Crippen LogP contribution in [0.3, 0.4) is 0 Å². The van der Waals surface area contributed by atoms with Crippen LogP contribution < -0.4 is 5.73 Å². The Morgan fingerprint density at radius 2 is 1.90 bits per heavy atom. The van der Waals surface area contributed by atoms with E-state index in [0.717, 1.165) is 50.6 Å².